The molecular weight excluding hydrogens is 323 g/mol. The fraction of sp³-hybridized carbons (Fsp3) is 0.158. The highest BCUT2D eigenvalue weighted by atomic mass is 19.1. The van der Waals surface area contributed by atoms with Crippen molar-refractivity contribution in [3.8, 4) is 5.75 Å². The van der Waals surface area contributed by atoms with Crippen molar-refractivity contribution in [2.24, 2.45) is 0 Å². The monoisotopic (exact) mass is 342 g/mol. The van der Waals surface area contributed by atoms with Gasteiger partial charge >= 0.3 is 0 Å². The van der Waals surface area contributed by atoms with Crippen LogP contribution in [-0.2, 0) is 9.59 Å². The third kappa shape index (κ3) is 5.46. The second-order valence-corrected chi connectivity index (χ2v) is 5.40. The molecule has 0 saturated heterocycles. The Labute approximate surface area is 145 Å². The van der Waals surface area contributed by atoms with Gasteiger partial charge in [-0.3, -0.25) is 20.4 Å². The number of hydrogen-bond acceptors (Lipinski definition) is 3. The Hall–Kier alpha value is -3.15. The highest BCUT2D eigenvalue weighted by molar-refractivity contribution is 5.93. The van der Waals surface area contributed by atoms with E-state index in [0.717, 1.165) is 17.2 Å². The van der Waals surface area contributed by atoms with Crippen LogP contribution in [0.25, 0.3) is 6.08 Å². The van der Waals surface area contributed by atoms with Crippen molar-refractivity contribution >= 4 is 17.9 Å². The molecule has 0 heterocycles. The number of halogens is 1. The maximum Gasteiger partial charge on any atom is 0.276 e. The minimum Gasteiger partial charge on any atom is -0.483 e. The Kier molecular flexibility index (Phi) is 6.28. The molecule has 5 nitrogen and oxygen atoms in total. The molecule has 2 rings (SSSR count). The predicted octanol–water partition coefficient (Wildman–Crippen LogP) is 2.68. The lowest BCUT2D eigenvalue weighted by molar-refractivity contribution is -0.128. The van der Waals surface area contributed by atoms with E-state index < -0.39 is 17.6 Å². The fourth-order valence-electron chi connectivity index (χ4n) is 2.15. The number of benzene rings is 2. The molecule has 0 aromatic heterocycles. The topological polar surface area (TPSA) is 67.4 Å². The van der Waals surface area contributed by atoms with Gasteiger partial charge in [-0.2, -0.15) is 0 Å². The van der Waals surface area contributed by atoms with Crippen LogP contribution in [0.5, 0.6) is 5.75 Å². The lowest BCUT2D eigenvalue weighted by Gasteiger charge is -2.11. The normalized spacial score (nSPS) is 10.5. The van der Waals surface area contributed by atoms with Crippen molar-refractivity contribution in [1.29, 1.82) is 0 Å². The van der Waals surface area contributed by atoms with E-state index in [4.69, 9.17) is 4.74 Å². The summed E-state index contributed by atoms with van der Waals surface area (Å²) in [5, 5.41) is 0. The molecule has 2 aromatic carbocycles. The first-order valence-electron chi connectivity index (χ1n) is 7.68. The number of rotatable bonds is 5. The first kappa shape index (κ1) is 18.2. The first-order valence-corrected chi connectivity index (χ1v) is 7.68. The summed E-state index contributed by atoms with van der Waals surface area (Å²) in [6, 6.07) is 11.7. The van der Waals surface area contributed by atoms with E-state index in [1.807, 2.05) is 32.0 Å². The molecule has 0 aliphatic rings. The van der Waals surface area contributed by atoms with Crippen LogP contribution in [0, 0.1) is 19.7 Å². The molecular formula is C19H19FN2O3. The molecule has 0 spiro atoms. The molecule has 0 unspecified atom stereocenters. The summed E-state index contributed by atoms with van der Waals surface area (Å²) in [4.78, 5) is 23.4. The summed E-state index contributed by atoms with van der Waals surface area (Å²) < 4.78 is 18.9. The van der Waals surface area contributed by atoms with E-state index in [2.05, 4.69) is 10.9 Å². The molecule has 0 aliphatic carbocycles. The van der Waals surface area contributed by atoms with Gasteiger partial charge < -0.3 is 4.74 Å². The van der Waals surface area contributed by atoms with Gasteiger partial charge in [-0.15, -0.1) is 0 Å². The maximum atomic E-state index is 13.4. The van der Waals surface area contributed by atoms with Crippen LogP contribution < -0.4 is 15.6 Å². The summed E-state index contributed by atoms with van der Waals surface area (Å²) >= 11 is 0. The van der Waals surface area contributed by atoms with Crippen molar-refractivity contribution in [2.75, 3.05) is 6.61 Å². The van der Waals surface area contributed by atoms with Crippen LogP contribution >= 0.6 is 0 Å². The van der Waals surface area contributed by atoms with Crippen molar-refractivity contribution in [2.45, 2.75) is 13.8 Å². The van der Waals surface area contributed by atoms with E-state index in [1.54, 1.807) is 12.1 Å². The Morgan fingerprint density at radius 3 is 2.40 bits per heavy atom. The van der Waals surface area contributed by atoms with Gasteiger partial charge in [0.2, 0.25) is 0 Å². The molecule has 6 heteroatoms. The summed E-state index contributed by atoms with van der Waals surface area (Å²) in [5.74, 6) is -0.875. The summed E-state index contributed by atoms with van der Waals surface area (Å²) in [6.07, 6.45) is 2.45. The Bertz CT molecular complexity index is 783. The van der Waals surface area contributed by atoms with Gasteiger partial charge in [0.25, 0.3) is 11.8 Å². The fourth-order valence-corrected chi connectivity index (χ4v) is 2.15. The minimum atomic E-state index is -0.580. The van der Waals surface area contributed by atoms with Gasteiger partial charge in [0.15, 0.2) is 6.61 Å². The second-order valence-electron chi connectivity index (χ2n) is 5.40. The van der Waals surface area contributed by atoms with Crippen molar-refractivity contribution < 1.29 is 18.7 Å². The third-order valence-electron chi connectivity index (χ3n) is 3.40. The van der Waals surface area contributed by atoms with Gasteiger partial charge in [0.05, 0.1) is 0 Å². The molecule has 0 saturated carbocycles. The molecule has 0 aliphatic heterocycles. The summed E-state index contributed by atoms with van der Waals surface area (Å²) in [7, 11) is 0. The largest absolute Gasteiger partial charge is 0.483 e. The van der Waals surface area contributed by atoms with Crippen LogP contribution in [0.4, 0.5) is 4.39 Å². The number of hydrazine groups is 1. The number of amides is 2. The Morgan fingerprint density at radius 2 is 1.72 bits per heavy atom. The number of aryl methyl sites for hydroxylation is 2. The number of hydrogen-bond donors (Lipinski definition) is 2. The molecule has 0 radical (unpaired) electrons. The summed E-state index contributed by atoms with van der Waals surface area (Å²) in [5.41, 5.74) is 6.57. The van der Waals surface area contributed by atoms with Gasteiger partial charge in [0, 0.05) is 11.6 Å². The zero-order valence-electron chi connectivity index (χ0n) is 14.0. The van der Waals surface area contributed by atoms with E-state index in [-0.39, 0.29) is 12.2 Å². The van der Waals surface area contributed by atoms with Crippen LogP contribution in [0.2, 0.25) is 0 Å². The van der Waals surface area contributed by atoms with E-state index in [9.17, 15) is 14.0 Å². The smallest absolute Gasteiger partial charge is 0.276 e. The van der Waals surface area contributed by atoms with Crippen molar-refractivity contribution in [3.05, 3.63) is 71.0 Å². The summed E-state index contributed by atoms with van der Waals surface area (Å²) in [6.45, 7) is 3.54. The molecule has 25 heavy (non-hydrogen) atoms. The Balaban J connectivity index is 1.80. The van der Waals surface area contributed by atoms with Gasteiger partial charge in [-0.05, 0) is 37.1 Å². The molecule has 0 fully saturated rings. The number of carbonyl (C=O) groups is 2. The number of carbonyl (C=O) groups excluding carboxylic acids is 2. The number of nitrogens with one attached hydrogen (secondary N) is 2. The average molecular weight is 342 g/mol. The van der Waals surface area contributed by atoms with Crippen LogP contribution in [0.15, 0.2) is 48.5 Å². The highest BCUT2D eigenvalue weighted by Gasteiger charge is 2.07. The lowest BCUT2D eigenvalue weighted by Crippen LogP contribution is -2.43. The van der Waals surface area contributed by atoms with E-state index in [1.165, 1.54) is 18.2 Å². The zero-order valence-corrected chi connectivity index (χ0v) is 14.0. The third-order valence-corrected chi connectivity index (χ3v) is 3.40. The lowest BCUT2D eigenvalue weighted by atomic mass is 10.1. The first-order chi connectivity index (χ1) is 12.0. The van der Waals surface area contributed by atoms with E-state index in [0.29, 0.717) is 5.75 Å². The maximum absolute atomic E-state index is 13.4. The average Bonchev–Trinajstić information content (AvgIpc) is 2.59. The number of ether oxygens (including phenoxy) is 1. The quantitative estimate of drug-likeness (QED) is 0.648. The van der Waals surface area contributed by atoms with Crippen molar-refractivity contribution in [3.63, 3.8) is 0 Å². The zero-order chi connectivity index (χ0) is 18.2. The molecule has 2 amide bonds. The molecule has 0 bridgehead atoms. The van der Waals surface area contributed by atoms with Crippen LogP contribution in [0.3, 0.4) is 0 Å². The van der Waals surface area contributed by atoms with Gasteiger partial charge in [-0.1, -0.05) is 36.4 Å². The molecule has 0 atom stereocenters. The van der Waals surface area contributed by atoms with Crippen LogP contribution in [0.1, 0.15) is 16.7 Å². The number of para-hydroxylation sites is 1. The van der Waals surface area contributed by atoms with E-state index >= 15 is 0 Å². The second kappa shape index (κ2) is 8.63. The van der Waals surface area contributed by atoms with Crippen molar-refractivity contribution in [1.82, 2.24) is 10.9 Å². The standard InChI is InChI=1S/C19H19FN2O3/c1-13-6-5-7-14(2)19(13)25-12-18(24)22-21-17(23)11-10-15-8-3-4-9-16(15)20/h3-11H,12H2,1-2H3,(H,21,23)(H,22,24)/b11-10+. The molecule has 130 valence electrons. The molecule has 2 N–H and O–H groups in total. The van der Waals surface area contributed by atoms with Gasteiger partial charge in [-0.25, -0.2) is 4.39 Å². The Morgan fingerprint density at radius 1 is 1.04 bits per heavy atom. The predicted molar refractivity (Wildman–Crippen MR) is 93.1 cm³/mol. The highest BCUT2D eigenvalue weighted by Crippen LogP contribution is 2.21. The SMILES string of the molecule is Cc1cccc(C)c1OCC(=O)NNC(=O)/C=C/c1ccccc1F. The molecule has 2 aromatic rings. The van der Waals surface area contributed by atoms with Crippen LogP contribution in [-0.4, -0.2) is 18.4 Å². The van der Waals surface area contributed by atoms with Gasteiger partial charge in [0.1, 0.15) is 11.6 Å². The minimum absolute atomic E-state index is 0.233.